The molecule has 0 radical (unpaired) electrons. The Balaban J connectivity index is 2.49. The van der Waals surface area contributed by atoms with Crippen LogP contribution in [0.3, 0.4) is 0 Å². The number of amides is 1. The Bertz CT molecular complexity index is 403. The molecule has 1 rings (SSSR count). The van der Waals surface area contributed by atoms with Crippen molar-refractivity contribution in [2.75, 3.05) is 19.6 Å². The molecule has 0 aliphatic heterocycles. The lowest BCUT2D eigenvalue weighted by atomic mass is 10.1. The van der Waals surface area contributed by atoms with Crippen molar-refractivity contribution in [2.24, 2.45) is 11.7 Å². The molecule has 0 spiro atoms. The van der Waals surface area contributed by atoms with Gasteiger partial charge in [0.1, 0.15) is 0 Å². The Morgan fingerprint density at radius 1 is 1.42 bits per heavy atom. The number of benzene rings is 1. The number of aryl methyl sites for hydroxylation is 2. The second-order valence-corrected chi connectivity index (χ2v) is 5.26. The van der Waals surface area contributed by atoms with Crippen LogP contribution < -0.4 is 5.73 Å². The van der Waals surface area contributed by atoms with E-state index >= 15 is 0 Å². The van der Waals surface area contributed by atoms with E-state index in [9.17, 15) is 4.79 Å². The van der Waals surface area contributed by atoms with Gasteiger partial charge in [-0.25, -0.2) is 0 Å². The molecule has 0 aliphatic rings. The van der Waals surface area contributed by atoms with E-state index in [1.54, 1.807) is 0 Å². The summed E-state index contributed by atoms with van der Waals surface area (Å²) in [5, 5.41) is 0. The normalized spacial score (nSPS) is 12.2. The molecule has 0 heterocycles. The van der Waals surface area contributed by atoms with Crippen molar-refractivity contribution < 1.29 is 4.79 Å². The molecule has 19 heavy (non-hydrogen) atoms. The van der Waals surface area contributed by atoms with Crippen LogP contribution in [-0.4, -0.2) is 30.4 Å². The minimum atomic E-state index is 0.226. The number of rotatable bonds is 7. The zero-order chi connectivity index (χ0) is 14.3. The molecule has 1 aromatic carbocycles. The lowest BCUT2D eigenvalue weighted by molar-refractivity contribution is -0.131. The smallest absolute Gasteiger partial charge is 0.222 e. The Morgan fingerprint density at radius 2 is 2.16 bits per heavy atom. The summed E-state index contributed by atoms with van der Waals surface area (Å²) in [7, 11) is 0. The van der Waals surface area contributed by atoms with Gasteiger partial charge in [-0.1, -0.05) is 36.8 Å². The number of hydrogen-bond acceptors (Lipinski definition) is 2. The van der Waals surface area contributed by atoms with E-state index in [1.165, 1.54) is 11.1 Å². The number of carbonyl (C=O) groups excluding carboxylic acids is 1. The zero-order valence-corrected chi connectivity index (χ0v) is 12.4. The maximum absolute atomic E-state index is 12.2. The SMILES string of the molecule is CCN(CC(C)CN)C(=O)CCc1cccc(C)c1. The van der Waals surface area contributed by atoms with Gasteiger partial charge in [-0.05, 0) is 38.3 Å². The van der Waals surface area contributed by atoms with E-state index in [4.69, 9.17) is 5.73 Å². The highest BCUT2D eigenvalue weighted by molar-refractivity contribution is 5.76. The Morgan fingerprint density at radius 3 is 2.74 bits per heavy atom. The molecule has 1 unspecified atom stereocenters. The lowest BCUT2D eigenvalue weighted by Gasteiger charge is -2.24. The Kier molecular flexibility index (Phi) is 6.57. The molecular formula is C16H26N2O. The molecular weight excluding hydrogens is 236 g/mol. The first kappa shape index (κ1) is 15.7. The van der Waals surface area contributed by atoms with Crippen molar-refractivity contribution >= 4 is 5.91 Å². The first-order chi connectivity index (χ1) is 9.06. The van der Waals surface area contributed by atoms with Gasteiger partial charge >= 0.3 is 0 Å². The Hall–Kier alpha value is -1.35. The molecule has 0 aromatic heterocycles. The van der Waals surface area contributed by atoms with Crippen LogP contribution in [0.4, 0.5) is 0 Å². The molecule has 3 nitrogen and oxygen atoms in total. The van der Waals surface area contributed by atoms with Gasteiger partial charge in [0.2, 0.25) is 5.91 Å². The van der Waals surface area contributed by atoms with Crippen LogP contribution in [0, 0.1) is 12.8 Å². The molecule has 1 amide bonds. The van der Waals surface area contributed by atoms with E-state index in [0.717, 1.165) is 19.5 Å². The van der Waals surface area contributed by atoms with Gasteiger partial charge in [-0.15, -0.1) is 0 Å². The fourth-order valence-electron chi connectivity index (χ4n) is 2.14. The van der Waals surface area contributed by atoms with Gasteiger partial charge in [0.15, 0.2) is 0 Å². The van der Waals surface area contributed by atoms with E-state index in [0.29, 0.717) is 18.9 Å². The molecule has 3 heteroatoms. The van der Waals surface area contributed by atoms with Crippen LogP contribution >= 0.6 is 0 Å². The van der Waals surface area contributed by atoms with Gasteiger partial charge in [0, 0.05) is 19.5 Å². The summed E-state index contributed by atoms with van der Waals surface area (Å²) in [4.78, 5) is 14.1. The van der Waals surface area contributed by atoms with Crippen LogP contribution in [0.15, 0.2) is 24.3 Å². The average Bonchev–Trinajstić information content (AvgIpc) is 2.41. The number of hydrogen-bond donors (Lipinski definition) is 1. The topological polar surface area (TPSA) is 46.3 Å². The van der Waals surface area contributed by atoms with Crippen LogP contribution in [-0.2, 0) is 11.2 Å². The molecule has 0 saturated carbocycles. The van der Waals surface area contributed by atoms with E-state index in [-0.39, 0.29) is 5.91 Å². The summed E-state index contributed by atoms with van der Waals surface area (Å²) in [6.45, 7) is 8.33. The fraction of sp³-hybridized carbons (Fsp3) is 0.562. The summed E-state index contributed by atoms with van der Waals surface area (Å²) in [5.74, 6) is 0.590. The van der Waals surface area contributed by atoms with Crippen molar-refractivity contribution in [3.63, 3.8) is 0 Å². The lowest BCUT2D eigenvalue weighted by Crippen LogP contribution is -2.36. The monoisotopic (exact) mass is 262 g/mol. The quantitative estimate of drug-likeness (QED) is 0.820. The minimum absolute atomic E-state index is 0.226. The summed E-state index contributed by atoms with van der Waals surface area (Å²) < 4.78 is 0. The van der Waals surface area contributed by atoms with Gasteiger partial charge in [0.25, 0.3) is 0 Å². The fourth-order valence-corrected chi connectivity index (χ4v) is 2.14. The summed E-state index contributed by atoms with van der Waals surface area (Å²) >= 11 is 0. The van der Waals surface area contributed by atoms with E-state index in [1.807, 2.05) is 17.9 Å². The van der Waals surface area contributed by atoms with Crippen LogP contribution in [0.25, 0.3) is 0 Å². The molecule has 1 aromatic rings. The third-order valence-corrected chi connectivity index (χ3v) is 3.38. The zero-order valence-electron chi connectivity index (χ0n) is 12.4. The van der Waals surface area contributed by atoms with Gasteiger partial charge in [0.05, 0.1) is 0 Å². The Labute approximate surface area is 116 Å². The second-order valence-electron chi connectivity index (χ2n) is 5.26. The third kappa shape index (κ3) is 5.43. The third-order valence-electron chi connectivity index (χ3n) is 3.38. The summed E-state index contributed by atoms with van der Waals surface area (Å²) in [5.41, 5.74) is 8.10. The van der Waals surface area contributed by atoms with Crippen LogP contribution in [0.2, 0.25) is 0 Å². The summed E-state index contributed by atoms with van der Waals surface area (Å²) in [6, 6.07) is 8.35. The van der Waals surface area contributed by atoms with Crippen LogP contribution in [0.5, 0.6) is 0 Å². The summed E-state index contributed by atoms with van der Waals surface area (Å²) in [6.07, 6.45) is 1.39. The minimum Gasteiger partial charge on any atom is -0.343 e. The molecule has 0 fully saturated rings. The van der Waals surface area contributed by atoms with Gasteiger partial charge < -0.3 is 10.6 Å². The van der Waals surface area contributed by atoms with Crippen molar-refractivity contribution in [3.8, 4) is 0 Å². The average molecular weight is 262 g/mol. The first-order valence-corrected chi connectivity index (χ1v) is 7.10. The van der Waals surface area contributed by atoms with Crippen molar-refractivity contribution in [3.05, 3.63) is 35.4 Å². The molecule has 2 N–H and O–H groups in total. The van der Waals surface area contributed by atoms with Crippen LogP contribution in [0.1, 0.15) is 31.4 Å². The molecule has 0 bridgehead atoms. The number of carbonyl (C=O) groups is 1. The second kappa shape index (κ2) is 7.95. The van der Waals surface area contributed by atoms with Crippen molar-refractivity contribution in [2.45, 2.75) is 33.6 Å². The predicted molar refractivity (Wildman–Crippen MR) is 80.0 cm³/mol. The van der Waals surface area contributed by atoms with Crippen molar-refractivity contribution in [1.82, 2.24) is 4.90 Å². The largest absolute Gasteiger partial charge is 0.343 e. The molecule has 0 aliphatic carbocycles. The van der Waals surface area contributed by atoms with Gasteiger partial charge in [-0.3, -0.25) is 4.79 Å². The molecule has 1 atom stereocenters. The highest BCUT2D eigenvalue weighted by Gasteiger charge is 2.14. The molecule has 0 saturated heterocycles. The number of nitrogens with zero attached hydrogens (tertiary/aromatic N) is 1. The van der Waals surface area contributed by atoms with E-state index in [2.05, 4.69) is 32.0 Å². The maximum atomic E-state index is 12.2. The number of nitrogens with two attached hydrogens (primary N) is 1. The standard InChI is InChI=1S/C16H26N2O/c1-4-18(12-14(3)11-17)16(19)9-8-15-7-5-6-13(2)10-15/h5-7,10,14H,4,8-9,11-12,17H2,1-3H3. The predicted octanol–water partition coefficient (Wildman–Crippen LogP) is 2.37. The highest BCUT2D eigenvalue weighted by Crippen LogP contribution is 2.09. The van der Waals surface area contributed by atoms with E-state index < -0.39 is 0 Å². The maximum Gasteiger partial charge on any atom is 0.222 e. The first-order valence-electron chi connectivity index (χ1n) is 7.10. The molecule has 106 valence electrons. The highest BCUT2D eigenvalue weighted by atomic mass is 16.2. The van der Waals surface area contributed by atoms with Crippen molar-refractivity contribution in [1.29, 1.82) is 0 Å². The van der Waals surface area contributed by atoms with Gasteiger partial charge in [-0.2, -0.15) is 0 Å².